The largest absolute Gasteiger partial charge is 0.378 e. The number of nitrogens with two attached hydrogens (primary N) is 1. The maximum Gasteiger partial charge on any atom is 0.224 e. The highest BCUT2D eigenvalue weighted by molar-refractivity contribution is 5.76. The number of carbonyl (C=O) groups is 1. The summed E-state index contributed by atoms with van der Waals surface area (Å²) in [5, 5.41) is 3.17. The SMILES string of the molecule is Cc1nc(NN)c(C)c(NCCC(=O)N2CCOCC2)n1. The summed E-state index contributed by atoms with van der Waals surface area (Å²) in [7, 11) is 0. The Morgan fingerprint density at radius 2 is 1.95 bits per heavy atom. The van der Waals surface area contributed by atoms with Gasteiger partial charge in [0, 0.05) is 31.6 Å². The van der Waals surface area contributed by atoms with Crippen molar-refractivity contribution < 1.29 is 9.53 Å². The van der Waals surface area contributed by atoms with E-state index in [4.69, 9.17) is 10.6 Å². The van der Waals surface area contributed by atoms with E-state index in [1.807, 2.05) is 11.8 Å². The number of morpholine rings is 1. The Morgan fingerprint density at radius 3 is 2.62 bits per heavy atom. The van der Waals surface area contributed by atoms with Crippen molar-refractivity contribution in [2.75, 3.05) is 43.6 Å². The topological polar surface area (TPSA) is 105 Å². The van der Waals surface area contributed by atoms with E-state index in [0.29, 0.717) is 56.7 Å². The van der Waals surface area contributed by atoms with E-state index < -0.39 is 0 Å². The first kappa shape index (κ1) is 15.5. The van der Waals surface area contributed by atoms with Gasteiger partial charge < -0.3 is 20.4 Å². The van der Waals surface area contributed by atoms with Gasteiger partial charge in [0.05, 0.1) is 13.2 Å². The van der Waals surface area contributed by atoms with Gasteiger partial charge in [0.15, 0.2) is 0 Å². The molecule has 116 valence electrons. The number of amides is 1. The predicted molar refractivity (Wildman–Crippen MR) is 79.8 cm³/mol. The highest BCUT2D eigenvalue weighted by atomic mass is 16.5. The molecule has 1 fully saturated rings. The van der Waals surface area contributed by atoms with Crippen molar-refractivity contribution in [3.63, 3.8) is 0 Å². The molecule has 0 radical (unpaired) electrons. The van der Waals surface area contributed by atoms with E-state index in [1.54, 1.807) is 6.92 Å². The zero-order valence-corrected chi connectivity index (χ0v) is 12.5. The third kappa shape index (κ3) is 4.02. The molecule has 1 aliphatic heterocycles. The molecular formula is C13H22N6O2. The molecule has 4 N–H and O–H groups in total. The molecule has 2 rings (SSSR count). The van der Waals surface area contributed by atoms with Crippen LogP contribution in [0.1, 0.15) is 17.8 Å². The van der Waals surface area contributed by atoms with Crippen LogP contribution in [0.25, 0.3) is 0 Å². The normalized spacial score (nSPS) is 14.9. The van der Waals surface area contributed by atoms with Crippen LogP contribution in [-0.4, -0.2) is 53.6 Å². The zero-order chi connectivity index (χ0) is 15.2. The molecule has 0 aliphatic carbocycles. The fourth-order valence-corrected chi connectivity index (χ4v) is 2.20. The van der Waals surface area contributed by atoms with Crippen LogP contribution in [-0.2, 0) is 9.53 Å². The fraction of sp³-hybridized carbons (Fsp3) is 0.615. The number of nitrogens with zero attached hydrogens (tertiary/aromatic N) is 3. The van der Waals surface area contributed by atoms with Gasteiger partial charge in [-0.25, -0.2) is 15.8 Å². The van der Waals surface area contributed by atoms with Crippen molar-refractivity contribution in [3.8, 4) is 0 Å². The lowest BCUT2D eigenvalue weighted by Gasteiger charge is -2.27. The van der Waals surface area contributed by atoms with Gasteiger partial charge >= 0.3 is 0 Å². The molecule has 1 aromatic heterocycles. The van der Waals surface area contributed by atoms with Crippen LogP contribution in [0.5, 0.6) is 0 Å². The number of hydrogen-bond acceptors (Lipinski definition) is 7. The van der Waals surface area contributed by atoms with Gasteiger partial charge in [-0.1, -0.05) is 0 Å². The standard InChI is InChI=1S/C13H22N6O2/c1-9-12(16-10(2)17-13(9)18-14)15-4-3-11(20)19-5-7-21-8-6-19/h3-8,14H2,1-2H3,(H2,15,16,17,18). The van der Waals surface area contributed by atoms with Crippen molar-refractivity contribution >= 4 is 17.5 Å². The number of ether oxygens (including phenoxy) is 1. The molecule has 0 spiro atoms. The molecule has 8 nitrogen and oxygen atoms in total. The molecule has 0 unspecified atom stereocenters. The molecule has 0 aromatic carbocycles. The molecule has 1 saturated heterocycles. The minimum atomic E-state index is 0.131. The first-order valence-electron chi connectivity index (χ1n) is 7.03. The van der Waals surface area contributed by atoms with Gasteiger partial charge in [-0.15, -0.1) is 0 Å². The molecule has 8 heteroatoms. The quantitative estimate of drug-likeness (QED) is 0.520. The zero-order valence-electron chi connectivity index (χ0n) is 12.5. The smallest absolute Gasteiger partial charge is 0.224 e. The summed E-state index contributed by atoms with van der Waals surface area (Å²) < 4.78 is 5.23. The number of aromatic nitrogens is 2. The number of nitrogens with one attached hydrogen (secondary N) is 2. The lowest BCUT2D eigenvalue weighted by molar-refractivity contribution is -0.134. The lowest BCUT2D eigenvalue weighted by atomic mass is 10.3. The first-order valence-corrected chi connectivity index (χ1v) is 7.03. The highest BCUT2D eigenvalue weighted by Gasteiger charge is 2.16. The van der Waals surface area contributed by atoms with E-state index in [9.17, 15) is 4.79 Å². The molecule has 1 amide bonds. The van der Waals surface area contributed by atoms with Crippen molar-refractivity contribution in [2.24, 2.45) is 5.84 Å². The fourth-order valence-electron chi connectivity index (χ4n) is 2.20. The minimum absolute atomic E-state index is 0.131. The minimum Gasteiger partial charge on any atom is -0.378 e. The molecule has 21 heavy (non-hydrogen) atoms. The van der Waals surface area contributed by atoms with E-state index in [1.165, 1.54) is 0 Å². The van der Waals surface area contributed by atoms with Gasteiger partial charge in [-0.05, 0) is 13.8 Å². The molecule has 0 saturated carbocycles. The van der Waals surface area contributed by atoms with E-state index in [-0.39, 0.29) is 5.91 Å². The number of carbonyl (C=O) groups excluding carboxylic acids is 1. The molecule has 0 atom stereocenters. The van der Waals surface area contributed by atoms with Gasteiger partial charge in [0.25, 0.3) is 0 Å². The summed E-state index contributed by atoms with van der Waals surface area (Å²) in [5.41, 5.74) is 3.38. The Morgan fingerprint density at radius 1 is 1.29 bits per heavy atom. The summed E-state index contributed by atoms with van der Waals surface area (Å²) in [6.07, 6.45) is 0.424. The summed E-state index contributed by atoms with van der Waals surface area (Å²) in [6.45, 7) is 6.78. The number of hydrazine groups is 1. The van der Waals surface area contributed by atoms with E-state index >= 15 is 0 Å². The van der Waals surface area contributed by atoms with E-state index in [0.717, 1.165) is 5.56 Å². The molecule has 1 aromatic rings. The number of aryl methyl sites for hydroxylation is 1. The van der Waals surface area contributed by atoms with Crippen molar-refractivity contribution in [2.45, 2.75) is 20.3 Å². The molecule has 0 bridgehead atoms. The van der Waals surface area contributed by atoms with E-state index in [2.05, 4.69) is 20.7 Å². The maximum absolute atomic E-state index is 12.0. The Bertz CT molecular complexity index is 502. The van der Waals surface area contributed by atoms with Crippen LogP contribution < -0.4 is 16.6 Å². The van der Waals surface area contributed by atoms with Crippen LogP contribution in [0.4, 0.5) is 11.6 Å². The van der Waals surface area contributed by atoms with Crippen LogP contribution in [0.3, 0.4) is 0 Å². The number of anilines is 2. The van der Waals surface area contributed by atoms with Crippen LogP contribution in [0.2, 0.25) is 0 Å². The van der Waals surface area contributed by atoms with Crippen molar-refractivity contribution in [1.82, 2.24) is 14.9 Å². The second-order valence-corrected chi connectivity index (χ2v) is 4.91. The summed E-state index contributed by atoms with van der Waals surface area (Å²) in [5.74, 6) is 7.46. The Hall–Kier alpha value is -1.93. The van der Waals surface area contributed by atoms with Crippen molar-refractivity contribution in [3.05, 3.63) is 11.4 Å². The number of nitrogen functional groups attached to an aromatic ring is 1. The Labute approximate surface area is 124 Å². The lowest BCUT2D eigenvalue weighted by Crippen LogP contribution is -2.41. The van der Waals surface area contributed by atoms with Crippen molar-refractivity contribution in [1.29, 1.82) is 0 Å². The second-order valence-electron chi connectivity index (χ2n) is 4.91. The Balaban J connectivity index is 1.88. The summed E-state index contributed by atoms with van der Waals surface area (Å²) in [4.78, 5) is 22.4. The van der Waals surface area contributed by atoms with Crippen LogP contribution in [0.15, 0.2) is 0 Å². The monoisotopic (exact) mass is 294 g/mol. The first-order chi connectivity index (χ1) is 10.1. The Kier molecular flexibility index (Phi) is 5.29. The third-order valence-electron chi connectivity index (χ3n) is 3.39. The maximum atomic E-state index is 12.0. The third-order valence-corrected chi connectivity index (χ3v) is 3.39. The van der Waals surface area contributed by atoms with Gasteiger partial charge in [0.1, 0.15) is 17.5 Å². The summed E-state index contributed by atoms with van der Waals surface area (Å²) >= 11 is 0. The molecule has 1 aliphatic rings. The van der Waals surface area contributed by atoms with Gasteiger partial charge in [-0.3, -0.25) is 4.79 Å². The van der Waals surface area contributed by atoms with Gasteiger partial charge in [-0.2, -0.15) is 0 Å². The summed E-state index contributed by atoms with van der Waals surface area (Å²) in [6, 6.07) is 0. The van der Waals surface area contributed by atoms with Crippen LogP contribution in [0, 0.1) is 13.8 Å². The average molecular weight is 294 g/mol. The second kappa shape index (κ2) is 7.19. The number of hydrogen-bond donors (Lipinski definition) is 3. The highest BCUT2D eigenvalue weighted by Crippen LogP contribution is 2.18. The average Bonchev–Trinajstić information content (AvgIpc) is 2.51. The molecule has 2 heterocycles. The van der Waals surface area contributed by atoms with Crippen LogP contribution >= 0.6 is 0 Å². The predicted octanol–water partition coefficient (Wildman–Crippen LogP) is 0.0398. The molecular weight excluding hydrogens is 272 g/mol. The number of rotatable bonds is 5. The van der Waals surface area contributed by atoms with Gasteiger partial charge in [0.2, 0.25) is 5.91 Å².